The van der Waals surface area contributed by atoms with Crippen molar-refractivity contribution in [3.8, 4) is 0 Å². The number of carboxylic acid groups (broad SMARTS) is 1. The van der Waals surface area contributed by atoms with Gasteiger partial charge in [0, 0.05) is 5.41 Å². The minimum Gasteiger partial charge on any atom is -0.479 e. The highest BCUT2D eigenvalue weighted by molar-refractivity contribution is 5.84. The molecule has 0 spiro atoms. The molecule has 0 heterocycles. The zero-order valence-electron chi connectivity index (χ0n) is 16.6. The number of hydrogen-bond donors (Lipinski definition) is 4. The van der Waals surface area contributed by atoms with E-state index in [1.54, 1.807) is 6.92 Å². The highest BCUT2D eigenvalue weighted by Gasteiger charge is 2.70. The Hall–Kier alpha value is -1.24. The second-order valence-electron chi connectivity index (χ2n) is 10.0. The molecule has 156 valence electrons. The van der Waals surface area contributed by atoms with E-state index in [1.165, 1.54) is 0 Å². The fourth-order valence-electron chi connectivity index (χ4n) is 7.54. The van der Waals surface area contributed by atoms with E-state index in [4.69, 9.17) is 0 Å². The summed E-state index contributed by atoms with van der Waals surface area (Å²) < 4.78 is 14.0. The van der Waals surface area contributed by atoms with Crippen molar-refractivity contribution in [1.82, 2.24) is 0 Å². The number of rotatable bonds is 2. The monoisotopic (exact) mass is 394 g/mol. The molecule has 6 heteroatoms. The summed E-state index contributed by atoms with van der Waals surface area (Å²) >= 11 is 0. The van der Waals surface area contributed by atoms with Crippen molar-refractivity contribution in [1.29, 1.82) is 0 Å². The first-order valence-electron chi connectivity index (χ1n) is 10.3. The maximum atomic E-state index is 14.0. The Labute approximate surface area is 165 Å². The summed E-state index contributed by atoms with van der Waals surface area (Å²) in [6.45, 7) is 7.09. The summed E-state index contributed by atoms with van der Waals surface area (Å²) in [6.07, 6.45) is 1.47. The highest BCUT2D eigenvalue weighted by atomic mass is 19.1. The molecule has 0 radical (unpaired) electrons. The number of halogens is 1. The minimum absolute atomic E-state index is 0.117. The second-order valence-corrected chi connectivity index (χ2v) is 10.0. The standard InChI is InChI=1S/C22H31FO5/c1-11-6-16-14-7-12(10-23)15-8-13(24)4-5-20(15,2)18(14)17(25)9-21(16,3)22(11,28)19(26)27/h13-14,16-18,24-25,28H,1,4-10H2,2-3H3,(H,26,27)/t13?,14-,16-,17-,18+,20-,21-,22-/m0/s1. The van der Waals surface area contributed by atoms with Crippen LogP contribution in [0.25, 0.3) is 0 Å². The van der Waals surface area contributed by atoms with Gasteiger partial charge in [0.25, 0.3) is 0 Å². The average molecular weight is 394 g/mol. The number of fused-ring (bicyclic) bond motifs is 5. The average Bonchev–Trinajstić information content (AvgIpc) is 2.83. The maximum absolute atomic E-state index is 14.0. The fourth-order valence-corrected chi connectivity index (χ4v) is 7.54. The lowest BCUT2D eigenvalue weighted by Crippen LogP contribution is -2.62. The van der Waals surface area contributed by atoms with Crippen LogP contribution in [0.1, 0.15) is 52.4 Å². The normalized spacial score (nSPS) is 50.8. The molecule has 1 unspecified atom stereocenters. The summed E-state index contributed by atoms with van der Waals surface area (Å²) in [5.74, 6) is -1.75. The van der Waals surface area contributed by atoms with Crippen LogP contribution >= 0.6 is 0 Å². The Morgan fingerprint density at radius 3 is 2.54 bits per heavy atom. The van der Waals surface area contributed by atoms with Crippen molar-refractivity contribution >= 4 is 5.97 Å². The molecule has 5 nitrogen and oxygen atoms in total. The molecule has 4 aliphatic rings. The Kier molecular flexibility index (Phi) is 4.39. The van der Waals surface area contributed by atoms with Gasteiger partial charge >= 0.3 is 5.97 Å². The summed E-state index contributed by atoms with van der Waals surface area (Å²) in [5, 5.41) is 42.3. The summed E-state index contributed by atoms with van der Waals surface area (Å²) in [4.78, 5) is 12.0. The quantitative estimate of drug-likeness (QED) is 0.540. The van der Waals surface area contributed by atoms with E-state index in [2.05, 4.69) is 13.5 Å². The van der Waals surface area contributed by atoms with Crippen molar-refractivity contribution < 1.29 is 29.6 Å². The zero-order chi connectivity index (χ0) is 20.6. The van der Waals surface area contributed by atoms with E-state index >= 15 is 0 Å². The molecule has 0 saturated heterocycles. The minimum atomic E-state index is -2.08. The van der Waals surface area contributed by atoms with Gasteiger partial charge in [-0.1, -0.05) is 26.0 Å². The van der Waals surface area contributed by atoms with Crippen LogP contribution in [0, 0.1) is 28.6 Å². The van der Waals surface area contributed by atoms with Crippen molar-refractivity contribution in [2.45, 2.75) is 70.2 Å². The van der Waals surface area contributed by atoms with Crippen LogP contribution in [0.15, 0.2) is 23.3 Å². The largest absolute Gasteiger partial charge is 0.479 e. The van der Waals surface area contributed by atoms with Gasteiger partial charge in [0.05, 0.1) is 12.2 Å². The van der Waals surface area contributed by atoms with E-state index in [9.17, 15) is 29.6 Å². The molecule has 0 amide bonds. The zero-order valence-corrected chi connectivity index (χ0v) is 16.6. The third kappa shape index (κ3) is 2.25. The van der Waals surface area contributed by atoms with Gasteiger partial charge in [-0.15, -0.1) is 0 Å². The molecule has 4 aliphatic carbocycles. The van der Waals surface area contributed by atoms with Crippen LogP contribution in [-0.2, 0) is 4.79 Å². The van der Waals surface area contributed by atoms with Crippen molar-refractivity contribution in [3.63, 3.8) is 0 Å². The Bertz CT molecular complexity index is 762. The molecule has 8 atom stereocenters. The van der Waals surface area contributed by atoms with Gasteiger partial charge in [0.2, 0.25) is 0 Å². The number of hydrogen-bond acceptors (Lipinski definition) is 4. The van der Waals surface area contributed by atoms with Gasteiger partial charge in [-0.25, -0.2) is 9.18 Å². The number of alkyl halides is 1. The lowest BCUT2D eigenvalue weighted by molar-refractivity contribution is -0.188. The first-order chi connectivity index (χ1) is 13.0. The molecule has 4 N–H and O–H groups in total. The number of allylic oxidation sites excluding steroid dienone is 1. The van der Waals surface area contributed by atoms with Crippen LogP contribution in [0.2, 0.25) is 0 Å². The number of carboxylic acids is 1. The predicted octanol–water partition coefficient (Wildman–Crippen LogP) is 2.60. The molecule has 0 aliphatic heterocycles. The first kappa shape index (κ1) is 20.0. The molecule has 0 aromatic heterocycles. The van der Waals surface area contributed by atoms with E-state index < -0.39 is 41.3 Å². The second kappa shape index (κ2) is 6.13. The van der Waals surface area contributed by atoms with Crippen LogP contribution in [0.4, 0.5) is 4.39 Å². The van der Waals surface area contributed by atoms with Gasteiger partial charge < -0.3 is 20.4 Å². The molecule has 28 heavy (non-hydrogen) atoms. The Morgan fingerprint density at radius 1 is 1.25 bits per heavy atom. The molecule has 0 aromatic rings. The molecule has 3 fully saturated rings. The smallest absolute Gasteiger partial charge is 0.340 e. The summed E-state index contributed by atoms with van der Waals surface area (Å²) in [5.41, 5.74) is -1.61. The van der Waals surface area contributed by atoms with E-state index in [-0.39, 0.29) is 29.7 Å². The van der Waals surface area contributed by atoms with E-state index in [1.807, 2.05) is 0 Å². The van der Waals surface area contributed by atoms with E-state index in [0.717, 1.165) is 5.57 Å². The van der Waals surface area contributed by atoms with Gasteiger partial charge in [-0.3, -0.25) is 0 Å². The van der Waals surface area contributed by atoms with Crippen LogP contribution in [-0.4, -0.2) is 50.9 Å². The summed E-state index contributed by atoms with van der Waals surface area (Å²) in [7, 11) is 0. The SMILES string of the molecule is C=C1C[C@H]2[C@@H]3CC(CF)=C4CC(O)CC[C@]4(C)[C@H]3[C@@H](O)C[C@]2(C)[C@@]1(O)C(=O)O. The van der Waals surface area contributed by atoms with Gasteiger partial charge in [-0.05, 0) is 72.8 Å². The predicted molar refractivity (Wildman–Crippen MR) is 101 cm³/mol. The van der Waals surface area contributed by atoms with Gasteiger partial charge in [-0.2, -0.15) is 0 Å². The molecule has 0 bridgehead atoms. The first-order valence-corrected chi connectivity index (χ1v) is 10.3. The van der Waals surface area contributed by atoms with Crippen LogP contribution < -0.4 is 0 Å². The molecule has 4 rings (SSSR count). The van der Waals surface area contributed by atoms with Gasteiger partial charge in [0.15, 0.2) is 5.60 Å². The van der Waals surface area contributed by atoms with Crippen LogP contribution in [0.3, 0.4) is 0 Å². The molecule has 3 saturated carbocycles. The molecule has 0 aromatic carbocycles. The Balaban J connectivity index is 1.84. The number of aliphatic carboxylic acids is 1. The molecular weight excluding hydrogens is 363 g/mol. The Morgan fingerprint density at radius 2 is 1.93 bits per heavy atom. The third-order valence-electron chi connectivity index (χ3n) is 8.89. The topological polar surface area (TPSA) is 98.0 Å². The molecular formula is C22H31FO5. The fraction of sp³-hybridized carbons (Fsp3) is 0.773. The van der Waals surface area contributed by atoms with Gasteiger partial charge in [0.1, 0.15) is 6.67 Å². The third-order valence-corrected chi connectivity index (χ3v) is 8.89. The van der Waals surface area contributed by atoms with Crippen molar-refractivity contribution in [3.05, 3.63) is 23.3 Å². The number of aliphatic hydroxyl groups excluding tert-OH is 2. The van der Waals surface area contributed by atoms with Crippen LogP contribution in [0.5, 0.6) is 0 Å². The lowest BCUT2D eigenvalue weighted by Gasteiger charge is -2.60. The van der Waals surface area contributed by atoms with E-state index in [0.29, 0.717) is 37.7 Å². The number of aliphatic hydroxyl groups is 3. The summed E-state index contributed by atoms with van der Waals surface area (Å²) in [6, 6.07) is 0. The van der Waals surface area contributed by atoms with Crippen molar-refractivity contribution in [2.75, 3.05) is 6.67 Å². The number of carbonyl (C=O) groups is 1. The highest BCUT2D eigenvalue weighted by Crippen LogP contribution is 2.68. The maximum Gasteiger partial charge on any atom is 0.340 e. The van der Waals surface area contributed by atoms with Crippen molar-refractivity contribution in [2.24, 2.45) is 28.6 Å². The lowest BCUT2D eigenvalue weighted by atomic mass is 9.45.